The van der Waals surface area contributed by atoms with Crippen LogP contribution in [0.2, 0.25) is 0 Å². The van der Waals surface area contributed by atoms with E-state index in [2.05, 4.69) is 24.5 Å². The lowest BCUT2D eigenvalue weighted by atomic mass is 10.0. The molecular formula is C51H98N2O10. The van der Waals surface area contributed by atoms with Crippen molar-refractivity contribution in [2.45, 2.75) is 264 Å². The maximum Gasteiger partial charge on any atom is 0.306 e. The van der Waals surface area contributed by atoms with Crippen molar-refractivity contribution in [3.05, 3.63) is 0 Å². The molecule has 2 amide bonds. The van der Waals surface area contributed by atoms with Gasteiger partial charge in [-0.1, -0.05) is 194 Å². The Bertz CT molecular complexity index is 1120. The van der Waals surface area contributed by atoms with Crippen LogP contribution in [0.5, 0.6) is 0 Å². The van der Waals surface area contributed by atoms with Crippen LogP contribution in [0.3, 0.4) is 0 Å². The molecule has 0 bridgehead atoms. The van der Waals surface area contributed by atoms with Gasteiger partial charge in [0.2, 0.25) is 0 Å². The average molecular weight is 899 g/mol. The van der Waals surface area contributed by atoms with Gasteiger partial charge < -0.3 is 39.8 Å². The Balaban J connectivity index is 0.00000123. The lowest BCUT2D eigenvalue weighted by molar-refractivity contribution is -0.268. The number of carbonyl (C=O) groups excluding carboxylic acids is 4. The quantitative estimate of drug-likeness (QED) is 0.0343. The Morgan fingerprint density at radius 1 is 0.492 bits per heavy atom. The number of aliphatic hydroxyl groups excluding tert-OH is 2. The molecule has 1 rings (SSSR count). The first-order chi connectivity index (χ1) is 30.2. The molecule has 4 N–H and O–H groups in total. The Kier molecular flexibility index (Phi) is 38.6. The maximum atomic E-state index is 12.1. The van der Waals surface area contributed by atoms with Gasteiger partial charge in [0.15, 0.2) is 19.0 Å². The summed E-state index contributed by atoms with van der Waals surface area (Å²) >= 11 is 0. The predicted octanol–water partition coefficient (Wildman–Crippen LogP) is 11.1. The second-order valence-electron chi connectivity index (χ2n) is 19.2. The molecular weight excluding hydrogens is 801 g/mol. The largest absolute Gasteiger partial charge is 0.456 e. The topological polar surface area (TPSA) is 170 Å². The summed E-state index contributed by atoms with van der Waals surface area (Å²) in [6.45, 7) is 10.9. The van der Waals surface area contributed by atoms with Gasteiger partial charge in [-0.15, -0.1) is 0 Å². The van der Waals surface area contributed by atoms with Crippen molar-refractivity contribution in [3.8, 4) is 0 Å². The van der Waals surface area contributed by atoms with E-state index in [0.717, 1.165) is 32.1 Å². The number of esters is 2. The van der Waals surface area contributed by atoms with E-state index in [9.17, 15) is 19.2 Å². The maximum absolute atomic E-state index is 12.1. The van der Waals surface area contributed by atoms with Crippen LogP contribution in [0.4, 0.5) is 0 Å². The first-order valence-electron chi connectivity index (χ1n) is 25.7. The average Bonchev–Trinajstić information content (AvgIpc) is 3.26. The minimum atomic E-state index is -1.10. The second-order valence-corrected chi connectivity index (χ2v) is 19.2. The van der Waals surface area contributed by atoms with Gasteiger partial charge >= 0.3 is 11.9 Å². The third-order valence-electron chi connectivity index (χ3n) is 11.8. The Morgan fingerprint density at radius 2 is 0.778 bits per heavy atom. The third-order valence-corrected chi connectivity index (χ3v) is 11.8. The molecule has 1 fully saturated rings. The number of aliphatic hydroxyl groups is 2. The molecule has 63 heavy (non-hydrogen) atoms. The molecule has 12 heteroatoms. The number of hydrogen-bond acceptors (Lipinski definition) is 10. The molecule has 0 unspecified atom stereocenters. The van der Waals surface area contributed by atoms with E-state index >= 15 is 0 Å². The van der Waals surface area contributed by atoms with Crippen LogP contribution in [0.25, 0.3) is 0 Å². The highest BCUT2D eigenvalue weighted by molar-refractivity contribution is 5.81. The number of carbonyl (C=O) groups is 4. The minimum absolute atomic E-state index is 0.253. The molecule has 0 aromatic rings. The summed E-state index contributed by atoms with van der Waals surface area (Å²) < 4.78 is 21.3. The van der Waals surface area contributed by atoms with E-state index in [1.54, 1.807) is 0 Å². The highest BCUT2D eigenvalue weighted by Gasteiger charge is 2.37. The normalized spacial score (nSPS) is 14.3. The molecule has 12 nitrogen and oxygen atoms in total. The van der Waals surface area contributed by atoms with Crippen molar-refractivity contribution < 1.29 is 48.3 Å². The van der Waals surface area contributed by atoms with E-state index in [4.69, 9.17) is 29.2 Å². The fourth-order valence-corrected chi connectivity index (χ4v) is 7.41. The van der Waals surface area contributed by atoms with Gasteiger partial charge in [0.25, 0.3) is 11.8 Å². The van der Waals surface area contributed by atoms with Crippen LogP contribution in [0, 0.1) is 0 Å². The first-order valence-corrected chi connectivity index (χ1v) is 25.7. The first kappa shape index (κ1) is 60.7. The summed E-state index contributed by atoms with van der Waals surface area (Å²) in [6, 6.07) is 0. The molecule has 1 heterocycles. The van der Waals surface area contributed by atoms with Gasteiger partial charge in [-0.25, -0.2) is 0 Å². The number of amides is 2. The van der Waals surface area contributed by atoms with Gasteiger partial charge in [-0.05, 0) is 40.5 Å². The van der Waals surface area contributed by atoms with E-state index < -0.39 is 22.8 Å². The standard InChI is InChI=1S/C27H51NO5.C24H47NO5/c1-5-6-7-8-9-10-11-12-13-14-15-16-17-18-19-20-25(30)31-21-24(29)28-27(4)22-32-26(2,3)33-23-27;1-3-4-5-6-7-8-9-10-11-12-13-14-15-16-17-18-23(29)30-19-22(28)25-24(2,20-26)21-27/h5-23H2,1-4H3,(H,28,29);26-27H,3-21H2,1-2H3,(H,25,28). The molecule has 0 spiro atoms. The highest BCUT2D eigenvalue weighted by atomic mass is 16.7. The molecule has 0 atom stereocenters. The lowest BCUT2D eigenvalue weighted by Gasteiger charge is -2.41. The van der Waals surface area contributed by atoms with Crippen molar-refractivity contribution in [3.63, 3.8) is 0 Å². The van der Waals surface area contributed by atoms with Gasteiger partial charge in [0.05, 0.1) is 37.5 Å². The molecule has 0 radical (unpaired) electrons. The number of hydrogen-bond donors (Lipinski definition) is 4. The summed E-state index contributed by atoms with van der Waals surface area (Å²) in [4.78, 5) is 47.4. The van der Waals surface area contributed by atoms with E-state index in [0.29, 0.717) is 26.1 Å². The summed E-state index contributed by atoms with van der Waals surface area (Å²) in [6.07, 6.45) is 39.2. The molecule has 1 aliphatic heterocycles. The van der Waals surface area contributed by atoms with Gasteiger partial charge in [0, 0.05) is 12.8 Å². The van der Waals surface area contributed by atoms with Gasteiger partial charge in [-0.3, -0.25) is 19.2 Å². The monoisotopic (exact) mass is 899 g/mol. The lowest BCUT2D eigenvalue weighted by Crippen LogP contribution is -2.59. The third kappa shape index (κ3) is 38.7. The van der Waals surface area contributed by atoms with Crippen molar-refractivity contribution in [1.82, 2.24) is 10.6 Å². The Hall–Kier alpha value is -2.28. The number of unbranched alkanes of at least 4 members (excludes halogenated alkanes) is 28. The van der Waals surface area contributed by atoms with Crippen LogP contribution in [0.15, 0.2) is 0 Å². The summed E-state index contributed by atoms with van der Waals surface area (Å²) in [5.41, 5.74) is -1.70. The summed E-state index contributed by atoms with van der Waals surface area (Å²) in [5, 5.41) is 23.6. The number of rotatable bonds is 40. The van der Waals surface area contributed by atoms with Gasteiger partial charge in [0.1, 0.15) is 0 Å². The van der Waals surface area contributed by atoms with E-state index in [-0.39, 0.29) is 44.3 Å². The number of nitrogens with one attached hydrogen (secondary N) is 2. The second kappa shape index (κ2) is 40.0. The molecule has 0 aromatic carbocycles. The molecule has 0 aliphatic carbocycles. The zero-order valence-corrected chi connectivity index (χ0v) is 41.5. The molecule has 0 aromatic heterocycles. The fourth-order valence-electron chi connectivity index (χ4n) is 7.41. The van der Waals surface area contributed by atoms with Crippen LogP contribution in [0.1, 0.15) is 247 Å². The summed E-state index contributed by atoms with van der Waals surface area (Å²) in [5.74, 6) is -2.17. The van der Waals surface area contributed by atoms with Crippen molar-refractivity contribution in [1.29, 1.82) is 0 Å². The van der Waals surface area contributed by atoms with Gasteiger partial charge in [-0.2, -0.15) is 0 Å². The molecule has 1 saturated heterocycles. The van der Waals surface area contributed by atoms with Crippen LogP contribution in [-0.2, 0) is 38.1 Å². The van der Waals surface area contributed by atoms with E-state index in [1.165, 1.54) is 167 Å². The van der Waals surface area contributed by atoms with E-state index in [1.807, 2.05) is 20.8 Å². The van der Waals surface area contributed by atoms with Crippen molar-refractivity contribution in [2.75, 3.05) is 39.6 Å². The molecule has 372 valence electrons. The Morgan fingerprint density at radius 3 is 1.08 bits per heavy atom. The van der Waals surface area contributed by atoms with Crippen molar-refractivity contribution >= 4 is 23.8 Å². The molecule has 1 aliphatic rings. The van der Waals surface area contributed by atoms with Crippen LogP contribution >= 0.6 is 0 Å². The SMILES string of the molecule is CCCCCCCCCCCCCCCCCC(=O)OCC(=O)NC(C)(CO)CO.CCCCCCCCCCCCCCCCCC(=O)OCC(=O)NC1(C)COC(C)(C)OC1. The van der Waals surface area contributed by atoms with Crippen molar-refractivity contribution in [2.24, 2.45) is 0 Å². The minimum Gasteiger partial charge on any atom is -0.456 e. The number of ether oxygens (including phenoxy) is 4. The molecule has 0 saturated carbocycles. The smallest absolute Gasteiger partial charge is 0.306 e. The highest BCUT2D eigenvalue weighted by Crippen LogP contribution is 2.23. The van der Waals surface area contributed by atoms with Crippen LogP contribution in [-0.4, -0.2) is 90.5 Å². The predicted molar refractivity (Wildman–Crippen MR) is 254 cm³/mol. The fraction of sp³-hybridized carbons (Fsp3) is 0.922. The Labute approximate surface area is 385 Å². The summed E-state index contributed by atoms with van der Waals surface area (Å²) in [7, 11) is 0. The van der Waals surface area contributed by atoms with Crippen LogP contribution < -0.4 is 10.6 Å². The zero-order chi connectivity index (χ0) is 46.9. The zero-order valence-electron chi connectivity index (χ0n) is 41.5.